The van der Waals surface area contributed by atoms with Crippen LogP contribution >= 0.6 is 0 Å². The largest absolute Gasteiger partial charge is 0.469 e. The fraction of sp³-hybridized carbons (Fsp3) is 0.923. The van der Waals surface area contributed by atoms with Crippen LogP contribution in [0.15, 0.2) is 0 Å². The molecule has 1 aliphatic heterocycles. The molecule has 3 unspecified atom stereocenters. The Bertz CT molecular complexity index is 267. The molecule has 1 spiro atoms. The number of hydrogen-bond acceptors (Lipinski definition) is 3. The van der Waals surface area contributed by atoms with E-state index in [1.165, 1.54) is 39.2 Å². The predicted octanol–water partition coefficient (Wildman–Crippen LogP) is 1.97. The van der Waals surface area contributed by atoms with Crippen molar-refractivity contribution in [2.75, 3.05) is 20.2 Å². The SMILES string of the molecule is COC(=O)C1CNCC12CCCC(C)CC2. The zero-order chi connectivity index (χ0) is 11.6. The fourth-order valence-electron chi connectivity index (χ4n) is 3.41. The smallest absolute Gasteiger partial charge is 0.310 e. The van der Waals surface area contributed by atoms with Crippen molar-refractivity contribution in [1.29, 1.82) is 0 Å². The minimum Gasteiger partial charge on any atom is -0.469 e. The van der Waals surface area contributed by atoms with Crippen LogP contribution in [0.25, 0.3) is 0 Å². The van der Waals surface area contributed by atoms with Crippen LogP contribution in [0.3, 0.4) is 0 Å². The second-order valence-corrected chi connectivity index (χ2v) is 5.61. The number of nitrogens with one attached hydrogen (secondary N) is 1. The minimum absolute atomic E-state index is 0.0143. The van der Waals surface area contributed by atoms with Gasteiger partial charge in [0.05, 0.1) is 13.0 Å². The third-order valence-electron chi connectivity index (χ3n) is 4.56. The Balaban J connectivity index is 2.12. The first-order valence-corrected chi connectivity index (χ1v) is 6.46. The van der Waals surface area contributed by atoms with E-state index in [1.54, 1.807) is 0 Å². The number of esters is 1. The molecule has 3 nitrogen and oxygen atoms in total. The predicted molar refractivity (Wildman–Crippen MR) is 63.1 cm³/mol. The molecule has 2 fully saturated rings. The normalized spacial score (nSPS) is 39.6. The summed E-state index contributed by atoms with van der Waals surface area (Å²) in [6.07, 6.45) is 6.20. The van der Waals surface area contributed by atoms with Gasteiger partial charge in [0.25, 0.3) is 0 Å². The zero-order valence-electron chi connectivity index (χ0n) is 10.4. The number of ether oxygens (including phenoxy) is 1. The molecule has 1 saturated carbocycles. The highest BCUT2D eigenvalue weighted by molar-refractivity contribution is 5.74. The van der Waals surface area contributed by atoms with E-state index in [9.17, 15) is 4.79 Å². The van der Waals surface area contributed by atoms with Crippen molar-refractivity contribution in [1.82, 2.24) is 5.32 Å². The van der Waals surface area contributed by atoms with Gasteiger partial charge in [-0.15, -0.1) is 0 Å². The molecule has 2 rings (SSSR count). The van der Waals surface area contributed by atoms with Crippen molar-refractivity contribution in [3.63, 3.8) is 0 Å². The van der Waals surface area contributed by atoms with E-state index < -0.39 is 0 Å². The first-order chi connectivity index (χ1) is 7.68. The van der Waals surface area contributed by atoms with Crippen LogP contribution in [0.1, 0.15) is 39.0 Å². The summed E-state index contributed by atoms with van der Waals surface area (Å²) in [6, 6.07) is 0. The van der Waals surface area contributed by atoms with Gasteiger partial charge in [-0.2, -0.15) is 0 Å². The summed E-state index contributed by atoms with van der Waals surface area (Å²) in [5.41, 5.74) is 0.192. The second-order valence-electron chi connectivity index (χ2n) is 5.61. The summed E-state index contributed by atoms with van der Waals surface area (Å²) in [6.45, 7) is 4.13. The first kappa shape index (κ1) is 11.9. The van der Waals surface area contributed by atoms with Crippen molar-refractivity contribution in [3.8, 4) is 0 Å². The molecule has 0 amide bonds. The van der Waals surface area contributed by atoms with Gasteiger partial charge in [0.15, 0.2) is 0 Å². The quantitative estimate of drug-likeness (QED) is 0.693. The van der Waals surface area contributed by atoms with E-state index in [0.29, 0.717) is 0 Å². The van der Waals surface area contributed by atoms with Crippen LogP contribution in [-0.2, 0) is 9.53 Å². The molecular formula is C13H23NO2. The Labute approximate surface area is 97.9 Å². The maximum atomic E-state index is 11.8. The Hall–Kier alpha value is -0.570. The van der Waals surface area contributed by atoms with Crippen LogP contribution in [0.5, 0.6) is 0 Å². The summed E-state index contributed by atoms with van der Waals surface area (Å²) in [4.78, 5) is 11.8. The van der Waals surface area contributed by atoms with Crippen LogP contribution in [0.2, 0.25) is 0 Å². The summed E-state index contributed by atoms with van der Waals surface area (Å²) in [7, 11) is 1.51. The van der Waals surface area contributed by atoms with Crippen molar-refractivity contribution in [3.05, 3.63) is 0 Å². The molecule has 3 atom stereocenters. The van der Waals surface area contributed by atoms with Crippen LogP contribution in [-0.4, -0.2) is 26.2 Å². The van der Waals surface area contributed by atoms with E-state index in [0.717, 1.165) is 19.0 Å². The molecule has 1 aliphatic carbocycles. The summed E-state index contributed by atoms with van der Waals surface area (Å²) in [5.74, 6) is 0.889. The second kappa shape index (κ2) is 4.74. The molecule has 1 saturated heterocycles. The lowest BCUT2D eigenvalue weighted by Crippen LogP contribution is -2.35. The van der Waals surface area contributed by atoms with E-state index in [-0.39, 0.29) is 17.3 Å². The van der Waals surface area contributed by atoms with E-state index >= 15 is 0 Å². The van der Waals surface area contributed by atoms with Gasteiger partial charge < -0.3 is 10.1 Å². The highest BCUT2D eigenvalue weighted by Crippen LogP contribution is 2.45. The van der Waals surface area contributed by atoms with Gasteiger partial charge in [0.2, 0.25) is 0 Å². The van der Waals surface area contributed by atoms with Crippen molar-refractivity contribution < 1.29 is 9.53 Å². The highest BCUT2D eigenvalue weighted by atomic mass is 16.5. The molecule has 2 aliphatic rings. The van der Waals surface area contributed by atoms with Gasteiger partial charge in [0, 0.05) is 13.1 Å². The molecule has 0 aromatic rings. The zero-order valence-corrected chi connectivity index (χ0v) is 10.4. The summed E-state index contributed by atoms with van der Waals surface area (Å²) >= 11 is 0. The molecule has 1 heterocycles. The van der Waals surface area contributed by atoms with Crippen molar-refractivity contribution in [2.24, 2.45) is 17.3 Å². The maximum absolute atomic E-state index is 11.8. The van der Waals surface area contributed by atoms with E-state index in [2.05, 4.69) is 12.2 Å². The van der Waals surface area contributed by atoms with Gasteiger partial charge in [-0.1, -0.05) is 26.2 Å². The highest BCUT2D eigenvalue weighted by Gasteiger charge is 2.47. The number of carbonyl (C=O) groups excluding carboxylic acids is 1. The maximum Gasteiger partial charge on any atom is 0.310 e. The topological polar surface area (TPSA) is 38.3 Å². The van der Waals surface area contributed by atoms with E-state index in [1.807, 2.05) is 0 Å². The van der Waals surface area contributed by atoms with Gasteiger partial charge >= 0.3 is 5.97 Å². The third kappa shape index (κ3) is 2.10. The first-order valence-electron chi connectivity index (χ1n) is 6.46. The fourth-order valence-corrected chi connectivity index (χ4v) is 3.41. The van der Waals surface area contributed by atoms with Crippen LogP contribution in [0, 0.1) is 17.3 Å². The minimum atomic E-state index is -0.0143. The molecular weight excluding hydrogens is 202 g/mol. The van der Waals surface area contributed by atoms with Crippen LogP contribution in [0.4, 0.5) is 0 Å². The van der Waals surface area contributed by atoms with Crippen LogP contribution < -0.4 is 5.32 Å². The van der Waals surface area contributed by atoms with Gasteiger partial charge in [-0.3, -0.25) is 4.79 Å². The van der Waals surface area contributed by atoms with Gasteiger partial charge in [-0.05, 0) is 24.2 Å². The molecule has 3 heteroatoms. The molecule has 0 bridgehead atoms. The number of carbonyl (C=O) groups is 1. The van der Waals surface area contributed by atoms with E-state index in [4.69, 9.17) is 4.74 Å². The summed E-state index contributed by atoms with van der Waals surface area (Å²) in [5, 5.41) is 3.39. The Morgan fingerprint density at radius 2 is 2.19 bits per heavy atom. The lowest BCUT2D eigenvalue weighted by Gasteiger charge is -2.32. The number of rotatable bonds is 1. The van der Waals surface area contributed by atoms with Crippen molar-refractivity contribution >= 4 is 5.97 Å². The third-order valence-corrected chi connectivity index (χ3v) is 4.56. The number of methoxy groups -OCH3 is 1. The standard InChI is InChI=1S/C13H23NO2/c1-10-4-3-6-13(7-5-10)9-14-8-11(13)12(15)16-2/h10-11,14H,3-9H2,1-2H3. The summed E-state index contributed by atoms with van der Waals surface area (Å²) < 4.78 is 4.95. The monoisotopic (exact) mass is 225 g/mol. The molecule has 0 aromatic heterocycles. The number of hydrogen-bond donors (Lipinski definition) is 1. The molecule has 1 N–H and O–H groups in total. The Kier molecular flexibility index (Phi) is 3.53. The van der Waals surface area contributed by atoms with Crippen molar-refractivity contribution in [2.45, 2.75) is 39.0 Å². The molecule has 0 radical (unpaired) electrons. The molecule has 0 aromatic carbocycles. The molecule has 92 valence electrons. The average Bonchev–Trinajstić information content (AvgIpc) is 2.60. The Morgan fingerprint density at radius 3 is 2.94 bits per heavy atom. The average molecular weight is 225 g/mol. The Morgan fingerprint density at radius 1 is 1.38 bits per heavy atom. The lowest BCUT2D eigenvalue weighted by molar-refractivity contribution is -0.148. The molecule has 16 heavy (non-hydrogen) atoms. The van der Waals surface area contributed by atoms with Gasteiger partial charge in [-0.25, -0.2) is 0 Å². The van der Waals surface area contributed by atoms with Gasteiger partial charge in [0.1, 0.15) is 0 Å². The lowest BCUT2D eigenvalue weighted by atomic mass is 9.72.